The number of aliphatic imine (C=N–C) groups is 1. The molecule has 8 heteroatoms. The van der Waals surface area contributed by atoms with Crippen LogP contribution in [0.5, 0.6) is 0 Å². The number of aromatic nitrogens is 1. The minimum Gasteiger partial charge on any atom is -0.357 e. The fourth-order valence-corrected chi connectivity index (χ4v) is 4.63. The minimum absolute atomic E-state index is 0.0961. The van der Waals surface area contributed by atoms with Crippen molar-refractivity contribution in [3.8, 4) is 0 Å². The SMILES string of the molecule is CCNC(=NCCCS(=O)(=O)c1ccccc1)NCCc1ncc(CC)s1. The molecule has 0 aliphatic carbocycles. The summed E-state index contributed by atoms with van der Waals surface area (Å²) in [5, 5.41) is 7.58. The summed E-state index contributed by atoms with van der Waals surface area (Å²) in [5.41, 5.74) is 0. The third-order valence-electron chi connectivity index (χ3n) is 3.87. The fourth-order valence-electron chi connectivity index (χ4n) is 2.45. The lowest BCUT2D eigenvalue weighted by Gasteiger charge is -2.10. The van der Waals surface area contributed by atoms with E-state index in [4.69, 9.17) is 0 Å². The van der Waals surface area contributed by atoms with Crippen molar-refractivity contribution in [2.24, 2.45) is 4.99 Å². The standard InChI is InChI=1S/C19H28N4O2S2/c1-3-16-15-23-18(26-16)11-13-22-19(20-4-2)21-12-8-14-27(24,25)17-9-6-5-7-10-17/h5-7,9-10,15H,3-4,8,11-14H2,1-2H3,(H2,20,21,22). The van der Waals surface area contributed by atoms with E-state index in [1.165, 1.54) is 4.88 Å². The van der Waals surface area contributed by atoms with Crippen molar-refractivity contribution in [3.05, 3.63) is 46.4 Å². The van der Waals surface area contributed by atoms with Crippen LogP contribution in [0.3, 0.4) is 0 Å². The minimum atomic E-state index is -3.24. The van der Waals surface area contributed by atoms with Crippen molar-refractivity contribution in [1.82, 2.24) is 15.6 Å². The Morgan fingerprint density at radius 2 is 1.96 bits per heavy atom. The number of thiazole rings is 1. The van der Waals surface area contributed by atoms with Crippen LogP contribution in [-0.2, 0) is 22.7 Å². The van der Waals surface area contributed by atoms with Gasteiger partial charge < -0.3 is 10.6 Å². The maximum absolute atomic E-state index is 12.3. The summed E-state index contributed by atoms with van der Waals surface area (Å²) in [7, 11) is -3.24. The fraction of sp³-hybridized carbons (Fsp3) is 0.474. The topological polar surface area (TPSA) is 83.5 Å². The monoisotopic (exact) mass is 408 g/mol. The summed E-state index contributed by atoms with van der Waals surface area (Å²) in [6.07, 6.45) is 4.28. The molecule has 0 saturated heterocycles. The van der Waals surface area contributed by atoms with Gasteiger partial charge in [0, 0.05) is 37.1 Å². The first-order chi connectivity index (χ1) is 13.0. The zero-order chi connectivity index (χ0) is 19.5. The van der Waals surface area contributed by atoms with Crippen molar-refractivity contribution < 1.29 is 8.42 Å². The Kier molecular flexibility index (Phi) is 8.74. The van der Waals surface area contributed by atoms with Gasteiger partial charge in [-0.3, -0.25) is 4.99 Å². The van der Waals surface area contributed by atoms with Crippen molar-refractivity contribution >= 4 is 27.1 Å². The summed E-state index contributed by atoms with van der Waals surface area (Å²) in [5.74, 6) is 0.806. The molecule has 27 heavy (non-hydrogen) atoms. The van der Waals surface area contributed by atoms with Gasteiger partial charge in [0.1, 0.15) is 0 Å². The molecule has 1 aromatic heterocycles. The van der Waals surface area contributed by atoms with Gasteiger partial charge in [-0.1, -0.05) is 25.1 Å². The predicted octanol–water partition coefficient (Wildman–Crippen LogP) is 2.67. The quantitative estimate of drug-likeness (QED) is 0.359. The second kappa shape index (κ2) is 11.0. The van der Waals surface area contributed by atoms with Gasteiger partial charge in [0.25, 0.3) is 0 Å². The molecule has 0 bridgehead atoms. The van der Waals surface area contributed by atoms with Crippen LogP contribution in [0.15, 0.2) is 46.4 Å². The van der Waals surface area contributed by atoms with E-state index in [-0.39, 0.29) is 5.75 Å². The maximum Gasteiger partial charge on any atom is 0.191 e. The summed E-state index contributed by atoms with van der Waals surface area (Å²) in [4.78, 5) is 10.6. The number of nitrogens with one attached hydrogen (secondary N) is 2. The molecule has 2 rings (SSSR count). The summed E-state index contributed by atoms with van der Waals surface area (Å²) in [6.45, 7) is 6.09. The summed E-state index contributed by atoms with van der Waals surface area (Å²) in [6, 6.07) is 8.56. The van der Waals surface area contributed by atoms with E-state index in [1.807, 2.05) is 19.2 Å². The zero-order valence-corrected chi connectivity index (χ0v) is 17.6. The second-order valence-corrected chi connectivity index (χ2v) is 9.31. The van der Waals surface area contributed by atoms with Gasteiger partial charge in [-0.25, -0.2) is 13.4 Å². The van der Waals surface area contributed by atoms with E-state index in [0.717, 1.165) is 30.9 Å². The van der Waals surface area contributed by atoms with Gasteiger partial charge in [-0.2, -0.15) is 0 Å². The molecular weight excluding hydrogens is 380 g/mol. The van der Waals surface area contributed by atoms with Crippen LogP contribution in [0.1, 0.15) is 30.2 Å². The molecule has 1 heterocycles. The third-order valence-corrected chi connectivity index (χ3v) is 6.89. The lowest BCUT2D eigenvalue weighted by atomic mass is 10.4. The molecule has 0 fully saturated rings. The maximum atomic E-state index is 12.3. The second-order valence-electron chi connectivity index (χ2n) is 6.00. The lowest BCUT2D eigenvalue weighted by molar-refractivity contribution is 0.593. The number of hydrogen-bond acceptors (Lipinski definition) is 5. The van der Waals surface area contributed by atoms with Gasteiger partial charge in [-0.15, -0.1) is 11.3 Å². The number of sulfone groups is 1. The number of rotatable bonds is 10. The van der Waals surface area contributed by atoms with E-state index in [2.05, 4.69) is 27.5 Å². The van der Waals surface area contributed by atoms with E-state index in [1.54, 1.807) is 35.6 Å². The first-order valence-electron chi connectivity index (χ1n) is 9.28. The third kappa shape index (κ3) is 7.30. The van der Waals surface area contributed by atoms with Gasteiger partial charge in [0.05, 0.1) is 15.7 Å². The highest BCUT2D eigenvalue weighted by atomic mass is 32.2. The molecular formula is C19H28N4O2S2. The Morgan fingerprint density at radius 1 is 1.19 bits per heavy atom. The first kappa shape index (κ1) is 21.4. The molecule has 148 valence electrons. The molecule has 0 spiro atoms. The van der Waals surface area contributed by atoms with Crippen LogP contribution in [0.2, 0.25) is 0 Å². The zero-order valence-electron chi connectivity index (χ0n) is 15.9. The summed E-state index contributed by atoms with van der Waals surface area (Å²) < 4.78 is 24.5. The summed E-state index contributed by atoms with van der Waals surface area (Å²) >= 11 is 1.74. The van der Waals surface area contributed by atoms with E-state index >= 15 is 0 Å². The molecule has 0 amide bonds. The van der Waals surface area contributed by atoms with Crippen molar-refractivity contribution in [3.63, 3.8) is 0 Å². The molecule has 1 aromatic carbocycles. The van der Waals surface area contributed by atoms with Gasteiger partial charge in [-0.05, 0) is 31.9 Å². The van der Waals surface area contributed by atoms with Crippen molar-refractivity contribution in [2.75, 3.05) is 25.4 Å². The van der Waals surface area contributed by atoms with Crippen LogP contribution >= 0.6 is 11.3 Å². The van der Waals surface area contributed by atoms with Crippen LogP contribution < -0.4 is 10.6 Å². The Balaban J connectivity index is 1.78. The van der Waals surface area contributed by atoms with Crippen LogP contribution in [0, 0.1) is 0 Å². The van der Waals surface area contributed by atoms with Crippen LogP contribution in [0.4, 0.5) is 0 Å². The Hall–Kier alpha value is -1.93. The number of hydrogen-bond donors (Lipinski definition) is 2. The smallest absolute Gasteiger partial charge is 0.191 e. The predicted molar refractivity (Wildman–Crippen MR) is 112 cm³/mol. The number of aryl methyl sites for hydroxylation is 1. The van der Waals surface area contributed by atoms with E-state index in [9.17, 15) is 8.42 Å². The van der Waals surface area contributed by atoms with E-state index in [0.29, 0.717) is 23.8 Å². The first-order valence-corrected chi connectivity index (χ1v) is 11.8. The average molecular weight is 409 g/mol. The molecule has 2 aromatic rings. The van der Waals surface area contributed by atoms with Crippen LogP contribution in [-0.4, -0.2) is 44.7 Å². The molecule has 2 N–H and O–H groups in total. The molecule has 6 nitrogen and oxygen atoms in total. The largest absolute Gasteiger partial charge is 0.357 e. The molecule has 0 aliphatic heterocycles. The Morgan fingerprint density at radius 3 is 2.63 bits per heavy atom. The normalized spacial score (nSPS) is 12.1. The Bertz CT molecular complexity index is 817. The lowest BCUT2D eigenvalue weighted by Crippen LogP contribution is -2.38. The molecule has 0 radical (unpaired) electrons. The van der Waals surface area contributed by atoms with Gasteiger partial charge in [0.2, 0.25) is 0 Å². The Labute approximate surface area is 166 Å². The van der Waals surface area contributed by atoms with Gasteiger partial charge in [0.15, 0.2) is 15.8 Å². The number of benzene rings is 1. The molecule has 0 saturated carbocycles. The average Bonchev–Trinajstić information content (AvgIpc) is 3.14. The molecule has 0 atom stereocenters. The highest BCUT2D eigenvalue weighted by molar-refractivity contribution is 7.91. The van der Waals surface area contributed by atoms with Gasteiger partial charge >= 0.3 is 0 Å². The molecule has 0 aliphatic rings. The number of nitrogens with zero attached hydrogens (tertiary/aromatic N) is 2. The van der Waals surface area contributed by atoms with Crippen molar-refractivity contribution in [1.29, 1.82) is 0 Å². The molecule has 0 unspecified atom stereocenters. The highest BCUT2D eigenvalue weighted by Gasteiger charge is 2.12. The van der Waals surface area contributed by atoms with E-state index < -0.39 is 9.84 Å². The highest BCUT2D eigenvalue weighted by Crippen LogP contribution is 2.13. The van der Waals surface area contributed by atoms with Crippen LogP contribution in [0.25, 0.3) is 0 Å². The number of guanidine groups is 1. The van der Waals surface area contributed by atoms with Crippen molar-refractivity contribution in [2.45, 2.75) is 38.0 Å².